The molecule has 2 unspecified atom stereocenters. The Bertz CT molecular complexity index is 493. The molecule has 5 nitrogen and oxygen atoms in total. The van der Waals surface area contributed by atoms with Crippen molar-refractivity contribution in [3.8, 4) is 0 Å². The van der Waals surface area contributed by atoms with Gasteiger partial charge in [-0.15, -0.1) is 0 Å². The van der Waals surface area contributed by atoms with E-state index < -0.39 is 13.0 Å². The number of nitrogens with zero attached hydrogens (tertiary/aromatic N) is 2. The number of hydrogen-bond acceptors (Lipinski definition) is 3. The van der Waals surface area contributed by atoms with Gasteiger partial charge in [0.2, 0.25) is 5.91 Å². The number of rotatable bonds is 5. The lowest BCUT2D eigenvalue weighted by Crippen LogP contribution is -2.39. The summed E-state index contributed by atoms with van der Waals surface area (Å²) in [5.74, 6) is 0.359. The molecule has 2 aliphatic heterocycles. The zero-order chi connectivity index (χ0) is 14.8. The Hall–Kier alpha value is -1.50. The van der Waals surface area contributed by atoms with Crippen molar-refractivity contribution in [3.63, 3.8) is 0 Å². The van der Waals surface area contributed by atoms with Crippen molar-refractivity contribution in [2.24, 2.45) is 5.92 Å². The van der Waals surface area contributed by atoms with Gasteiger partial charge in [0.15, 0.2) is 0 Å². The molecule has 1 amide bonds. The molecule has 2 N–H and O–H groups in total. The van der Waals surface area contributed by atoms with E-state index in [0.717, 1.165) is 17.5 Å². The van der Waals surface area contributed by atoms with Crippen LogP contribution in [0, 0.1) is 5.92 Å². The van der Waals surface area contributed by atoms with Crippen LogP contribution in [0.15, 0.2) is 12.4 Å². The van der Waals surface area contributed by atoms with Crippen molar-refractivity contribution in [2.45, 2.75) is 57.2 Å². The normalized spacial score (nSPS) is 28.0. The molecule has 21 heavy (non-hydrogen) atoms. The lowest BCUT2D eigenvalue weighted by molar-refractivity contribution is -0.117. The first kappa shape index (κ1) is 14.4. The molecule has 0 aliphatic carbocycles. The van der Waals surface area contributed by atoms with Gasteiger partial charge in [0.25, 0.3) is 6.43 Å². The van der Waals surface area contributed by atoms with Gasteiger partial charge in [0.05, 0.1) is 11.9 Å². The van der Waals surface area contributed by atoms with E-state index in [1.165, 1.54) is 25.2 Å². The van der Waals surface area contributed by atoms with Crippen molar-refractivity contribution in [1.82, 2.24) is 15.1 Å². The molecular formula is C14H20F2N4O. The first-order chi connectivity index (χ1) is 10.1. The van der Waals surface area contributed by atoms with Crippen LogP contribution in [0.5, 0.6) is 0 Å². The number of nitrogens with one attached hydrogen (secondary N) is 2. The number of piperidine rings is 1. The van der Waals surface area contributed by atoms with E-state index in [2.05, 4.69) is 15.7 Å². The van der Waals surface area contributed by atoms with Crippen molar-refractivity contribution in [3.05, 3.63) is 12.4 Å². The maximum absolute atomic E-state index is 12.2. The second-order valence-corrected chi connectivity index (χ2v) is 6.07. The van der Waals surface area contributed by atoms with Gasteiger partial charge in [0, 0.05) is 24.7 Å². The van der Waals surface area contributed by atoms with Crippen LogP contribution < -0.4 is 10.6 Å². The molecule has 3 rings (SSSR count). The number of anilines is 1. The molecule has 0 aromatic carbocycles. The van der Waals surface area contributed by atoms with E-state index in [1.807, 2.05) is 0 Å². The minimum absolute atomic E-state index is 0.0575. The highest BCUT2D eigenvalue weighted by atomic mass is 19.3. The highest BCUT2D eigenvalue weighted by Crippen LogP contribution is 2.32. The van der Waals surface area contributed by atoms with E-state index in [0.29, 0.717) is 30.1 Å². The Morgan fingerprint density at radius 2 is 2.14 bits per heavy atom. The number of fused-ring (bicyclic) bond motifs is 2. The zero-order valence-corrected chi connectivity index (χ0v) is 11.8. The van der Waals surface area contributed by atoms with Crippen LogP contribution in [0.4, 0.5) is 14.5 Å². The average Bonchev–Trinajstić information content (AvgIpc) is 2.95. The fourth-order valence-electron chi connectivity index (χ4n) is 3.49. The second kappa shape index (κ2) is 6.09. The van der Waals surface area contributed by atoms with Gasteiger partial charge < -0.3 is 10.6 Å². The van der Waals surface area contributed by atoms with E-state index in [4.69, 9.17) is 0 Å². The van der Waals surface area contributed by atoms with Crippen LogP contribution >= 0.6 is 0 Å². The lowest BCUT2D eigenvalue weighted by Gasteiger charge is -2.28. The zero-order valence-electron chi connectivity index (χ0n) is 11.8. The van der Waals surface area contributed by atoms with Gasteiger partial charge in [-0.2, -0.15) is 5.10 Å². The Balaban J connectivity index is 1.48. The SMILES string of the molecule is O=C(CC1CC2CCC(C1)N2)Nc1cnn(CC(F)F)c1. The molecule has 116 valence electrons. The highest BCUT2D eigenvalue weighted by molar-refractivity contribution is 5.90. The third-order valence-corrected chi connectivity index (χ3v) is 4.29. The number of carbonyl (C=O) groups is 1. The van der Waals surface area contributed by atoms with Gasteiger partial charge in [-0.1, -0.05) is 0 Å². The van der Waals surface area contributed by atoms with Gasteiger partial charge in [-0.3, -0.25) is 9.48 Å². The molecule has 2 bridgehead atoms. The van der Waals surface area contributed by atoms with Crippen molar-refractivity contribution < 1.29 is 13.6 Å². The maximum Gasteiger partial charge on any atom is 0.257 e. The average molecular weight is 298 g/mol. The van der Waals surface area contributed by atoms with Gasteiger partial charge in [-0.05, 0) is 31.6 Å². The van der Waals surface area contributed by atoms with E-state index in [9.17, 15) is 13.6 Å². The van der Waals surface area contributed by atoms with E-state index in [-0.39, 0.29) is 5.91 Å². The summed E-state index contributed by atoms with van der Waals surface area (Å²) in [7, 11) is 0. The van der Waals surface area contributed by atoms with Crippen LogP contribution in [0.25, 0.3) is 0 Å². The summed E-state index contributed by atoms with van der Waals surface area (Å²) in [4.78, 5) is 12.0. The van der Waals surface area contributed by atoms with E-state index >= 15 is 0 Å². The molecule has 1 aromatic heterocycles. The van der Waals surface area contributed by atoms with Crippen LogP contribution in [-0.2, 0) is 11.3 Å². The van der Waals surface area contributed by atoms with Gasteiger partial charge in [0.1, 0.15) is 6.54 Å². The molecule has 2 aliphatic rings. The first-order valence-electron chi connectivity index (χ1n) is 7.45. The summed E-state index contributed by atoms with van der Waals surface area (Å²) in [6.07, 6.45) is 5.42. The molecule has 2 saturated heterocycles. The third-order valence-electron chi connectivity index (χ3n) is 4.29. The second-order valence-electron chi connectivity index (χ2n) is 6.07. The first-order valence-corrected chi connectivity index (χ1v) is 7.45. The Morgan fingerprint density at radius 1 is 1.43 bits per heavy atom. The lowest BCUT2D eigenvalue weighted by atomic mass is 9.89. The van der Waals surface area contributed by atoms with Crippen LogP contribution in [0.2, 0.25) is 0 Å². The Labute approximate surface area is 122 Å². The van der Waals surface area contributed by atoms with Gasteiger partial charge >= 0.3 is 0 Å². The largest absolute Gasteiger partial charge is 0.323 e. The predicted molar refractivity (Wildman–Crippen MR) is 74.1 cm³/mol. The molecule has 0 radical (unpaired) electrons. The minimum atomic E-state index is -2.45. The van der Waals surface area contributed by atoms with Crippen LogP contribution in [0.3, 0.4) is 0 Å². The highest BCUT2D eigenvalue weighted by Gasteiger charge is 2.34. The minimum Gasteiger partial charge on any atom is -0.323 e. The van der Waals surface area contributed by atoms with Crippen molar-refractivity contribution >= 4 is 11.6 Å². The Kier molecular flexibility index (Phi) is 4.19. The van der Waals surface area contributed by atoms with Crippen LogP contribution in [0.1, 0.15) is 32.1 Å². The van der Waals surface area contributed by atoms with E-state index in [1.54, 1.807) is 0 Å². The summed E-state index contributed by atoms with van der Waals surface area (Å²) in [5, 5.41) is 10.1. The summed E-state index contributed by atoms with van der Waals surface area (Å²) in [5.41, 5.74) is 0.484. The molecule has 0 saturated carbocycles. The van der Waals surface area contributed by atoms with Crippen molar-refractivity contribution in [1.29, 1.82) is 0 Å². The number of hydrogen-bond donors (Lipinski definition) is 2. The monoisotopic (exact) mass is 298 g/mol. The molecular weight excluding hydrogens is 278 g/mol. The number of aromatic nitrogens is 2. The number of halogens is 2. The number of alkyl halides is 2. The summed E-state index contributed by atoms with van der Waals surface area (Å²) in [6.45, 7) is -0.451. The summed E-state index contributed by atoms with van der Waals surface area (Å²) < 4.78 is 25.6. The molecule has 7 heteroatoms. The summed E-state index contributed by atoms with van der Waals surface area (Å²) in [6, 6.07) is 1.13. The summed E-state index contributed by atoms with van der Waals surface area (Å²) >= 11 is 0. The fourth-order valence-corrected chi connectivity index (χ4v) is 3.49. The van der Waals surface area contributed by atoms with Gasteiger partial charge in [-0.25, -0.2) is 8.78 Å². The Morgan fingerprint density at radius 3 is 2.81 bits per heavy atom. The topological polar surface area (TPSA) is 59.0 Å². The van der Waals surface area contributed by atoms with Crippen LogP contribution in [-0.4, -0.2) is 34.2 Å². The quantitative estimate of drug-likeness (QED) is 0.874. The maximum atomic E-state index is 12.2. The molecule has 3 heterocycles. The molecule has 2 atom stereocenters. The fraction of sp³-hybridized carbons (Fsp3) is 0.714. The van der Waals surface area contributed by atoms with Crippen molar-refractivity contribution in [2.75, 3.05) is 5.32 Å². The number of amides is 1. The standard InChI is InChI=1S/C14H20F2N4O/c15-13(16)8-20-7-12(6-17-20)19-14(21)5-9-3-10-1-2-11(4-9)18-10/h6-7,9-11,13,18H,1-5,8H2,(H,19,21). The smallest absolute Gasteiger partial charge is 0.257 e. The molecule has 1 aromatic rings. The number of carbonyl (C=O) groups excluding carboxylic acids is 1. The molecule has 2 fully saturated rings. The molecule has 0 spiro atoms. The predicted octanol–water partition coefficient (Wildman–Crippen LogP) is 2.01. The third kappa shape index (κ3) is 3.78.